The Morgan fingerprint density at radius 3 is 2.55 bits per heavy atom. The lowest BCUT2D eigenvalue weighted by molar-refractivity contribution is -0.0753. The highest BCUT2D eigenvalue weighted by Gasteiger charge is 2.30. The van der Waals surface area contributed by atoms with E-state index in [1.54, 1.807) is 0 Å². The Morgan fingerprint density at radius 1 is 1.55 bits per heavy atom. The van der Waals surface area contributed by atoms with Crippen molar-refractivity contribution in [3.8, 4) is 0 Å². The van der Waals surface area contributed by atoms with E-state index in [-0.39, 0.29) is 5.60 Å². The summed E-state index contributed by atoms with van der Waals surface area (Å²) in [6, 6.07) is 0.318. The summed E-state index contributed by atoms with van der Waals surface area (Å²) in [7, 11) is 0. The van der Waals surface area contributed by atoms with E-state index >= 15 is 0 Å². The van der Waals surface area contributed by atoms with Crippen LogP contribution in [0.2, 0.25) is 0 Å². The van der Waals surface area contributed by atoms with E-state index in [9.17, 15) is 0 Å². The van der Waals surface area contributed by atoms with Gasteiger partial charge in [-0.15, -0.1) is 0 Å². The fourth-order valence-corrected chi connectivity index (χ4v) is 1.73. The quantitative estimate of drug-likeness (QED) is 0.626. The fourth-order valence-electron chi connectivity index (χ4n) is 1.73. The minimum Gasteiger partial charge on any atom is -0.376 e. The monoisotopic (exact) mass is 157 g/mol. The Balaban J connectivity index is 2.46. The molecule has 1 heterocycles. The Hall–Kier alpha value is -0.0800. The van der Waals surface area contributed by atoms with Gasteiger partial charge in [-0.2, -0.15) is 0 Å². The molecular weight excluding hydrogens is 138 g/mol. The van der Waals surface area contributed by atoms with Crippen LogP contribution >= 0.6 is 0 Å². The normalized spacial score (nSPS) is 33.3. The van der Waals surface area contributed by atoms with Crippen LogP contribution in [0.25, 0.3) is 0 Å². The molecule has 66 valence electrons. The van der Waals surface area contributed by atoms with Crippen LogP contribution < -0.4 is 5.73 Å². The zero-order chi connectivity index (χ0) is 8.48. The third kappa shape index (κ3) is 2.46. The summed E-state index contributed by atoms with van der Waals surface area (Å²) in [6.07, 6.45) is 2.23. The van der Waals surface area contributed by atoms with Gasteiger partial charge in [0.1, 0.15) is 0 Å². The van der Waals surface area contributed by atoms with Gasteiger partial charge in [0, 0.05) is 12.6 Å². The van der Waals surface area contributed by atoms with Gasteiger partial charge in [-0.3, -0.25) is 0 Å². The molecule has 0 aromatic heterocycles. The molecule has 1 rings (SSSR count). The summed E-state index contributed by atoms with van der Waals surface area (Å²) in [5, 5.41) is 0. The zero-order valence-electron chi connectivity index (χ0n) is 7.76. The molecule has 1 aliphatic heterocycles. The minimum atomic E-state index is 0.0521. The van der Waals surface area contributed by atoms with Crippen molar-refractivity contribution in [1.82, 2.24) is 0 Å². The first kappa shape index (κ1) is 9.01. The lowest BCUT2D eigenvalue weighted by atomic mass is 9.84. The summed E-state index contributed by atoms with van der Waals surface area (Å²) in [4.78, 5) is 0. The van der Waals surface area contributed by atoms with Crippen molar-refractivity contribution in [3.63, 3.8) is 0 Å². The molecule has 1 aliphatic rings. The van der Waals surface area contributed by atoms with Gasteiger partial charge in [-0.05, 0) is 39.5 Å². The Morgan fingerprint density at radius 2 is 2.18 bits per heavy atom. The minimum absolute atomic E-state index is 0.0521. The molecule has 2 heteroatoms. The highest BCUT2D eigenvalue weighted by molar-refractivity contribution is 4.82. The zero-order valence-corrected chi connectivity index (χ0v) is 7.76. The third-order valence-electron chi connectivity index (χ3n) is 2.48. The average molecular weight is 157 g/mol. The van der Waals surface area contributed by atoms with E-state index in [0.29, 0.717) is 12.0 Å². The van der Waals surface area contributed by atoms with Crippen LogP contribution in [0, 0.1) is 5.92 Å². The molecule has 0 radical (unpaired) electrons. The summed E-state index contributed by atoms with van der Waals surface area (Å²) in [6.45, 7) is 7.24. The average Bonchev–Trinajstić information content (AvgIpc) is 1.85. The van der Waals surface area contributed by atoms with Gasteiger partial charge in [0.15, 0.2) is 0 Å². The molecule has 0 aromatic carbocycles. The SMILES string of the molecule is C[C@@H](N)C1CCOC(C)(C)C1. The first-order valence-corrected chi connectivity index (χ1v) is 4.41. The van der Waals surface area contributed by atoms with Crippen molar-refractivity contribution in [2.45, 2.75) is 45.3 Å². The van der Waals surface area contributed by atoms with E-state index in [2.05, 4.69) is 20.8 Å². The van der Waals surface area contributed by atoms with E-state index in [0.717, 1.165) is 19.4 Å². The summed E-state index contributed by atoms with van der Waals surface area (Å²) >= 11 is 0. The number of nitrogens with two attached hydrogens (primary N) is 1. The fraction of sp³-hybridized carbons (Fsp3) is 1.00. The summed E-state index contributed by atoms with van der Waals surface area (Å²) < 4.78 is 5.59. The molecule has 0 amide bonds. The van der Waals surface area contributed by atoms with Crippen LogP contribution in [0.5, 0.6) is 0 Å². The lowest BCUT2D eigenvalue weighted by Crippen LogP contribution is -2.40. The molecule has 1 fully saturated rings. The highest BCUT2D eigenvalue weighted by Crippen LogP contribution is 2.29. The Bertz CT molecular complexity index is 132. The molecule has 0 aliphatic carbocycles. The number of rotatable bonds is 1. The Kier molecular flexibility index (Phi) is 2.55. The number of hydrogen-bond acceptors (Lipinski definition) is 2. The molecule has 11 heavy (non-hydrogen) atoms. The van der Waals surface area contributed by atoms with Crippen molar-refractivity contribution >= 4 is 0 Å². The molecule has 0 aromatic rings. The molecule has 1 saturated heterocycles. The third-order valence-corrected chi connectivity index (χ3v) is 2.48. The van der Waals surface area contributed by atoms with Crippen molar-refractivity contribution in [2.24, 2.45) is 11.7 Å². The highest BCUT2D eigenvalue weighted by atomic mass is 16.5. The van der Waals surface area contributed by atoms with Crippen LogP contribution in [0.1, 0.15) is 33.6 Å². The van der Waals surface area contributed by atoms with Gasteiger partial charge in [0.05, 0.1) is 5.60 Å². The maximum atomic E-state index is 5.83. The topological polar surface area (TPSA) is 35.2 Å². The van der Waals surface area contributed by atoms with Crippen LogP contribution in [-0.4, -0.2) is 18.2 Å². The van der Waals surface area contributed by atoms with Gasteiger partial charge in [0.25, 0.3) is 0 Å². The first-order valence-electron chi connectivity index (χ1n) is 4.41. The molecule has 1 unspecified atom stereocenters. The van der Waals surface area contributed by atoms with Crippen LogP contribution in [-0.2, 0) is 4.74 Å². The molecule has 2 N–H and O–H groups in total. The van der Waals surface area contributed by atoms with E-state index in [4.69, 9.17) is 10.5 Å². The number of ether oxygens (including phenoxy) is 1. The second-order valence-electron chi connectivity index (χ2n) is 4.22. The van der Waals surface area contributed by atoms with Crippen molar-refractivity contribution in [2.75, 3.05) is 6.61 Å². The van der Waals surface area contributed by atoms with Gasteiger partial charge >= 0.3 is 0 Å². The molecule has 0 saturated carbocycles. The molecule has 0 spiro atoms. The van der Waals surface area contributed by atoms with E-state index in [1.165, 1.54) is 0 Å². The van der Waals surface area contributed by atoms with Gasteiger partial charge in [-0.25, -0.2) is 0 Å². The predicted molar refractivity (Wildman–Crippen MR) is 46.4 cm³/mol. The smallest absolute Gasteiger partial charge is 0.0629 e. The van der Waals surface area contributed by atoms with Crippen molar-refractivity contribution in [3.05, 3.63) is 0 Å². The largest absolute Gasteiger partial charge is 0.376 e. The first-order chi connectivity index (χ1) is 5.01. The van der Waals surface area contributed by atoms with Crippen LogP contribution in [0.4, 0.5) is 0 Å². The van der Waals surface area contributed by atoms with Crippen LogP contribution in [0.3, 0.4) is 0 Å². The summed E-state index contributed by atoms with van der Waals surface area (Å²) in [5.41, 5.74) is 5.88. The van der Waals surface area contributed by atoms with Gasteiger partial charge in [-0.1, -0.05) is 0 Å². The van der Waals surface area contributed by atoms with Gasteiger partial charge in [0.2, 0.25) is 0 Å². The van der Waals surface area contributed by atoms with E-state index < -0.39 is 0 Å². The van der Waals surface area contributed by atoms with E-state index in [1.807, 2.05) is 0 Å². The second kappa shape index (κ2) is 3.11. The van der Waals surface area contributed by atoms with Crippen LogP contribution in [0.15, 0.2) is 0 Å². The Labute approximate surface area is 69.1 Å². The van der Waals surface area contributed by atoms with Crippen molar-refractivity contribution in [1.29, 1.82) is 0 Å². The predicted octanol–water partition coefficient (Wildman–Crippen LogP) is 1.54. The molecule has 2 nitrogen and oxygen atoms in total. The molecular formula is C9H19NO. The number of hydrogen-bond donors (Lipinski definition) is 1. The summed E-state index contributed by atoms with van der Waals surface area (Å²) in [5.74, 6) is 0.652. The molecule has 2 atom stereocenters. The van der Waals surface area contributed by atoms with Crippen molar-refractivity contribution < 1.29 is 4.74 Å². The standard InChI is InChI=1S/C9H19NO/c1-7(10)8-4-5-11-9(2,3)6-8/h7-8H,4-6,10H2,1-3H3/t7-,8?/m1/s1. The lowest BCUT2D eigenvalue weighted by Gasteiger charge is -2.37. The maximum Gasteiger partial charge on any atom is 0.0629 e. The van der Waals surface area contributed by atoms with Gasteiger partial charge < -0.3 is 10.5 Å². The molecule has 0 bridgehead atoms. The maximum absolute atomic E-state index is 5.83. The second-order valence-corrected chi connectivity index (χ2v) is 4.22.